The third kappa shape index (κ3) is 4.54. The third-order valence-corrected chi connectivity index (χ3v) is 2.89. The van der Waals surface area contributed by atoms with Crippen molar-refractivity contribution >= 4 is 15.9 Å². The van der Waals surface area contributed by atoms with Gasteiger partial charge in [-0.05, 0) is 60.4 Å². The van der Waals surface area contributed by atoms with E-state index >= 15 is 0 Å². The maximum atomic E-state index is 5.84. The summed E-state index contributed by atoms with van der Waals surface area (Å²) in [4.78, 5) is 0. The van der Waals surface area contributed by atoms with Crippen LogP contribution in [0.25, 0.3) is 0 Å². The number of aryl methyl sites for hydroxylation is 1. The van der Waals surface area contributed by atoms with Crippen LogP contribution in [0, 0.1) is 6.92 Å². The van der Waals surface area contributed by atoms with Crippen LogP contribution in [0.5, 0.6) is 5.75 Å². The fourth-order valence-electron chi connectivity index (χ4n) is 1.44. The number of hydrogen-bond acceptors (Lipinski definition) is 2. The minimum absolute atomic E-state index is 0.186. The number of ether oxygens (including phenoxy) is 1. The molecule has 0 aliphatic carbocycles. The van der Waals surface area contributed by atoms with E-state index in [4.69, 9.17) is 4.74 Å². The average Bonchev–Trinajstić information content (AvgIpc) is 2.23. The van der Waals surface area contributed by atoms with Crippen molar-refractivity contribution < 1.29 is 4.74 Å². The van der Waals surface area contributed by atoms with Crippen molar-refractivity contribution in [2.24, 2.45) is 0 Å². The van der Waals surface area contributed by atoms with Gasteiger partial charge in [-0.3, -0.25) is 0 Å². The molecular weight excluding hydrogens is 266 g/mol. The van der Waals surface area contributed by atoms with Gasteiger partial charge in [0.25, 0.3) is 0 Å². The first-order chi connectivity index (χ1) is 7.63. The molecule has 0 spiro atoms. The van der Waals surface area contributed by atoms with E-state index in [0.29, 0.717) is 0 Å². The van der Waals surface area contributed by atoms with Crippen LogP contribution in [0.15, 0.2) is 22.7 Å². The highest BCUT2D eigenvalue weighted by atomic mass is 79.9. The summed E-state index contributed by atoms with van der Waals surface area (Å²) in [5, 5.41) is 3.35. The zero-order valence-electron chi connectivity index (χ0n) is 10.2. The topological polar surface area (TPSA) is 21.3 Å². The second-order valence-corrected chi connectivity index (χ2v) is 4.92. The van der Waals surface area contributed by atoms with Gasteiger partial charge in [0.1, 0.15) is 11.9 Å². The van der Waals surface area contributed by atoms with Crippen molar-refractivity contribution in [1.29, 1.82) is 0 Å². The summed E-state index contributed by atoms with van der Waals surface area (Å²) in [6.07, 6.45) is 1.34. The molecule has 3 heteroatoms. The molecule has 1 rings (SSSR count). The highest BCUT2D eigenvalue weighted by molar-refractivity contribution is 9.10. The summed E-state index contributed by atoms with van der Waals surface area (Å²) in [5.41, 5.74) is 1.23. The molecule has 0 saturated carbocycles. The van der Waals surface area contributed by atoms with Crippen molar-refractivity contribution in [3.05, 3.63) is 28.2 Å². The van der Waals surface area contributed by atoms with E-state index in [1.54, 1.807) is 0 Å². The molecule has 0 amide bonds. The van der Waals surface area contributed by atoms with E-state index < -0.39 is 0 Å². The Labute approximate surface area is 107 Å². The first-order valence-electron chi connectivity index (χ1n) is 5.77. The Balaban J connectivity index is 2.46. The lowest BCUT2D eigenvalue weighted by Gasteiger charge is -2.16. The maximum absolute atomic E-state index is 5.84. The van der Waals surface area contributed by atoms with Crippen LogP contribution in [-0.2, 0) is 0 Å². The first-order valence-corrected chi connectivity index (χ1v) is 6.56. The number of benzene rings is 1. The highest BCUT2D eigenvalue weighted by Crippen LogP contribution is 2.26. The van der Waals surface area contributed by atoms with Gasteiger partial charge in [-0.1, -0.05) is 13.0 Å². The quantitative estimate of drug-likeness (QED) is 0.808. The molecule has 0 bridgehead atoms. The molecule has 1 unspecified atom stereocenters. The largest absolute Gasteiger partial charge is 0.488 e. The Morgan fingerprint density at radius 2 is 2.19 bits per heavy atom. The third-order valence-electron chi connectivity index (χ3n) is 2.27. The average molecular weight is 286 g/mol. The van der Waals surface area contributed by atoms with Crippen molar-refractivity contribution in [3.8, 4) is 5.75 Å². The maximum Gasteiger partial charge on any atom is 0.133 e. The van der Waals surface area contributed by atoms with Crippen LogP contribution >= 0.6 is 15.9 Å². The predicted octanol–water partition coefficient (Wildman–Crippen LogP) is 3.52. The molecule has 1 N–H and O–H groups in total. The molecule has 16 heavy (non-hydrogen) atoms. The van der Waals surface area contributed by atoms with E-state index in [0.717, 1.165) is 29.7 Å². The van der Waals surface area contributed by atoms with Crippen molar-refractivity contribution in [2.45, 2.75) is 33.3 Å². The van der Waals surface area contributed by atoms with E-state index in [1.165, 1.54) is 5.56 Å². The summed E-state index contributed by atoms with van der Waals surface area (Å²) in [5.74, 6) is 0.913. The predicted molar refractivity (Wildman–Crippen MR) is 72.1 cm³/mol. The van der Waals surface area contributed by atoms with Crippen molar-refractivity contribution in [3.63, 3.8) is 0 Å². The van der Waals surface area contributed by atoms with E-state index in [2.05, 4.69) is 54.2 Å². The Morgan fingerprint density at radius 1 is 1.44 bits per heavy atom. The van der Waals surface area contributed by atoms with Crippen LogP contribution in [0.1, 0.15) is 25.8 Å². The number of rotatable bonds is 6. The van der Waals surface area contributed by atoms with Gasteiger partial charge in [-0.2, -0.15) is 0 Å². The summed E-state index contributed by atoms with van der Waals surface area (Å²) < 4.78 is 6.86. The van der Waals surface area contributed by atoms with Crippen molar-refractivity contribution in [1.82, 2.24) is 5.32 Å². The van der Waals surface area contributed by atoms with Gasteiger partial charge in [0.15, 0.2) is 0 Å². The molecule has 2 nitrogen and oxygen atoms in total. The normalized spacial score (nSPS) is 12.5. The summed E-state index contributed by atoms with van der Waals surface area (Å²) in [6, 6.07) is 6.14. The summed E-state index contributed by atoms with van der Waals surface area (Å²) in [6.45, 7) is 8.24. The fourth-order valence-corrected chi connectivity index (χ4v) is 2.03. The van der Waals surface area contributed by atoms with Crippen LogP contribution < -0.4 is 10.1 Å². The molecule has 0 aliphatic rings. The lowest BCUT2D eigenvalue weighted by Crippen LogP contribution is -2.29. The summed E-state index contributed by atoms with van der Waals surface area (Å²) in [7, 11) is 0. The Morgan fingerprint density at radius 3 is 2.81 bits per heavy atom. The van der Waals surface area contributed by atoms with Crippen LogP contribution in [0.2, 0.25) is 0 Å². The molecule has 1 aromatic carbocycles. The number of nitrogens with one attached hydrogen (secondary N) is 1. The van der Waals surface area contributed by atoms with Gasteiger partial charge in [0.05, 0.1) is 4.47 Å². The van der Waals surface area contributed by atoms with Crippen LogP contribution in [-0.4, -0.2) is 19.2 Å². The minimum atomic E-state index is 0.186. The molecule has 0 aromatic heterocycles. The summed E-state index contributed by atoms with van der Waals surface area (Å²) >= 11 is 3.51. The van der Waals surface area contributed by atoms with E-state index in [-0.39, 0.29) is 6.10 Å². The first kappa shape index (κ1) is 13.5. The molecule has 1 atom stereocenters. The SMILES string of the molecule is CCCNCC(C)Oc1ccc(C)cc1Br. The zero-order valence-corrected chi connectivity index (χ0v) is 11.8. The van der Waals surface area contributed by atoms with Gasteiger partial charge < -0.3 is 10.1 Å². The monoisotopic (exact) mass is 285 g/mol. The second-order valence-electron chi connectivity index (χ2n) is 4.07. The van der Waals surface area contributed by atoms with E-state index in [1.807, 2.05) is 6.07 Å². The Hall–Kier alpha value is -0.540. The molecule has 0 fully saturated rings. The molecule has 90 valence electrons. The van der Waals surface area contributed by atoms with Gasteiger partial charge in [-0.15, -0.1) is 0 Å². The zero-order chi connectivity index (χ0) is 12.0. The molecule has 0 radical (unpaired) electrons. The lowest BCUT2D eigenvalue weighted by molar-refractivity contribution is 0.216. The van der Waals surface area contributed by atoms with Gasteiger partial charge >= 0.3 is 0 Å². The van der Waals surface area contributed by atoms with Crippen LogP contribution in [0.4, 0.5) is 0 Å². The molecule has 0 heterocycles. The van der Waals surface area contributed by atoms with Gasteiger partial charge in [-0.25, -0.2) is 0 Å². The van der Waals surface area contributed by atoms with Gasteiger partial charge in [0, 0.05) is 6.54 Å². The lowest BCUT2D eigenvalue weighted by atomic mass is 10.2. The second kappa shape index (κ2) is 6.92. The molecule has 0 saturated heterocycles. The molecule has 0 aliphatic heterocycles. The Bertz CT molecular complexity index is 328. The minimum Gasteiger partial charge on any atom is -0.488 e. The Kier molecular flexibility index (Phi) is 5.85. The smallest absolute Gasteiger partial charge is 0.133 e. The standard InChI is InChI=1S/C13H20BrNO/c1-4-7-15-9-11(3)16-13-6-5-10(2)8-12(13)14/h5-6,8,11,15H,4,7,9H2,1-3H3. The van der Waals surface area contributed by atoms with Gasteiger partial charge in [0.2, 0.25) is 0 Å². The number of halogens is 1. The molecule has 1 aromatic rings. The van der Waals surface area contributed by atoms with Crippen molar-refractivity contribution in [2.75, 3.05) is 13.1 Å². The number of hydrogen-bond donors (Lipinski definition) is 1. The highest BCUT2D eigenvalue weighted by Gasteiger charge is 2.06. The fraction of sp³-hybridized carbons (Fsp3) is 0.538. The van der Waals surface area contributed by atoms with Crippen LogP contribution in [0.3, 0.4) is 0 Å². The van der Waals surface area contributed by atoms with E-state index in [9.17, 15) is 0 Å². The molecular formula is C13H20BrNO.